The molecule has 0 radical (unpaired) electrons. The quantitative estimate of drug-likeness (QED) is 0.0264. The van der Waals surface area contributed by atoms with Gasteiger partial charge in [-0.1, -0.05) is 188 Å². The molecular weight excluding hydrogens is 925 g/mol. The molecule has 0 bridgehead atoms. The average molecular weight is 993 g/mol. The summed E-state index contributed by atoms with van der Waals surface area (Å²) in [4.78, 5) is 13.4. The minimum Gasteiger partial charge on any atom is -0.454 e. The third-order valence-electron chi connectivity index (χ3n) is 12.5. The van der Waals surface area contributed by atoms with Gasteiger partial charge in [0.25, 0.3) is 0 Å². The minimum absolute atomic E-state index is 0.0758. The second-order valence-electron chi connectivity index (χ2n) is 18.1. The molecule has 2 aliphatic rings. The summed E-state index contributed by atoms with van der Waals surface area (Å²) in [5, 5.41) is 0. The molecule has 10 atom stereocenters. The zero-order valence-electron chi connectivity index (χ0n) is 41.6. The summed E-state index contributed by atoms with van der Waals surface area (Å²) in [6.45, 7) is 7.29. The normalized spacial score (nSPS) is 23.9. The van der Waals surface area contributed by atoms with Crippen molar-refractivity contribution in [3.8, 4) is 0 Å². The standard InChI is InChI=1S/C61H68O12/c1-3-4-23-36-65-60-58(56(68-41-50-32-19-9-20-33-50)54(66-39-48-28-15-7-16-29-48)52(71-60)43-63-37-46-24-11-5-12-25-46)73-61-59(70-45(2)62)57(69-42-51-34-21-10-22-35-51)55(67-40-49-30-17-8-18-31-49)53(72-61)44-64-38-47-26-13-6-14-27-47/h3,5-22,24-35,52-61H,1,4,23,36-44H2,2H3/t52-,53-,54-,55-,56+,57+,58+,59+,60+,61-/m1/s1. The van der Waals surface area contributed by atoms with E-state index in [2.05, 4.69) is 6.58 Å². The van der Waals surface area contributed by atoms with Crippen molar-refractivity contribution < 1.29 is 56.9 Å². The molecule has 2 aliphatic heterocycles. The van der Waals surface area contributed by atoms with E-state index in [1.165, 1.54) is 6.92 Å². The van der Waals surface area contributed by atoms with Gasteiger partial charge in [-0.2, -0.15) is 0 Å². The van der Waals surface area contributed by atoms with Gasteiger partial charge in [0.1, 0.15) is 42.7 Å². The second-order valence-corrected chi connectivity index (χ2v) is 18.1. The first-order valence-corrected chi connectivity index (χ1v) is 25.2. The smallest absolute Gasteiger partial charge is 0.303 e. The largest absolute Gasteiger partial charge is 0.454 e. The van der Waals surface area contributed by atoms with Gasteiger partial charge < -0.3 is 52.1 Å². The summed E-state index contributed by atoms with van der Waals surface area (Å²) in [6.07, 6.45) is -6.16. The van der Waals surface area contributed by atoms with Gasteiger partial charge in [0.15, 0.2) is 18.7 Å². The van der Waals surface area contributed by atoms with Gasteiger partial charge in [-0.25, -0.2) is 0 Å². The number of hydrogen-bond donors (Lipinski definition) is 0. The van der Waals surface area contributed by atoms with Crippen LogP contribution in [0.5, 0.6) is 0 Å². The Hall–Kier alpha value is -5.87. The fourth-order valence-corrected chi connectivity index (χ4v) is 8.90. The molecular formula is C61H68O12. The number of ether oxygens (including phenoxy) is 11. The van der Waals surface area contributed by atoms with E-state index in [9.17, 15) is 4.79 Å². The maximum absolute atomic E-state index is 13.4. The molecule has 0 amide bonds. The highest BCUT2D eigenvalue weighted by Crippen LogP contribution is 2.37. The van der Waals surface area contributed by atoms with E-state index >= 15 is 0 Å². The fourth-order valence-electron chi connectivity index (χ4n) is 8.90. The van der Waals surface area contributed by atoms with Gasteiger partial charge in [0.05, 0.1) is 59.5 Å². The van der Waals surface area contributed by atoms with Gasteiger partial charge in [0, 0.05) is 6.92 Å². The predicted molar refractivity (Wildman–Crippen MR) is 275 cm³/mol. The minimum atomic E-state index is -1.29. The molecule has 6 aromatic rings. The third kappa shape index (κ3) is 16.6. The number of benzene rings is 6. The van der Waals surface area contributed by atoms with Gasteiger partial charge in [-0.05, 0) is 46.2 Å². The summed E-state index contributed by atoms with van der Waals surface area (Å²) >= 11 is 0. The van der Waals surface area contributed by atoms with Crippen LogP contribution < -0.4 is 0 Å². The lowest BCUT2D eigenvalue weighted by Crippen LogP contribution is -2.66. The molecule has 0 saturated carbocycles. The number of hydrogen-bond acceptors (Lipinski definition) is 12. The SMILES string of the molecule is C=CCCCO[C@H]1O[C@H](COCc2ccccc2)[C@@H](OCc2ccccc2)[C@H](OCc2ccccc2)[C@@H]1O[C@H]1O[C@H](COCc2ccccc2)[C@@H](OCc2ccccc2)[C@H](OCc2ccccc2)[C@@H]1OC(C)=O. The van der Waals surface area contributed by atoms with Crippen molar-refractivity contribution in [2.45, 2.75) is 121 Å². The molecule has 2 fully saturated rings. The van der Waals surface area contributed by atoms with E-state index in [1.54, 1.807) is 0 Å². The Balaban J connectivity index is 1.18. The molecule has 6 aromatic carbocycles. The number of rotatable bonds is 28. The number of esters is 1. The van der Waals surface area contributed by atoms with Crippen LogP contribution in [-0.4, -0.2) is 87.2 Å². The lowest BCUT2D eigenvalue weighted by molar-refractivity contribution is -0.380. The van der Waals surface area contributed by atoms with Crippen LogP contribution in [0.15, 0.2) is 195 Å². The highest BCUT2D eigenvalue weighted by Gasteiger charge is 2.55. The first-order chi connectivity index (χ1) is 36.0. The Labute approximate surface area is 430 Å². The molecule has 12 nitrogen and oxygen atoms in total. The Bertz CT molecular complexity index is 2450. The van der Waals surface area contributed by atoms with Gasteiger partial charge >= 0.3 is 5.97 Å². The van der Waals surface area contributed by atoms with Crippen molar-refractivity contribution in [2.75, 3.05) is 19.8 Å². The number of allylic oxidation sites excluding steroid dienone is 1. The lowest BCUT2D eigenvalue weighted by atomic mass is 9.96. The zero-order chi connectivity index (χ0) is 50.3. The fraction of sp³-hybridized carbons (Fsp3) is 0.361. The van der Waals surface area contributed by atoms with Gasteiger partial charge in [-0.3, -0.25) is 4.79 Å². The summed E-state index contributed by atoms with van der Waals surface area (Å²) in [7, 11) is 0. The van der Waals surface area contributed by atoms with Crippen molar-refractivity contribution in [1.29, 1.82) is 0 Å². The summed E-state index contributed by atoms with van der Waals surface area (Å²) in [5.74, 6) is -0.565. The third-order valence-corrected chi connectivity index (χ3v) is 12.5. The van der Waals surface area contributed by atoms with Crippen LogP contribution >= 0.6 is 0 Å². The van der Waals surface area contributed by atoms with Crippen LogP contribution in [0.3, 0.4) is 0 Å². The van der Waals surface area contributed by atoms with E-state index in [0.29, 0.717) is 32.7 Å². The molecule has 0 spiro atoms. The average Bonchev–Trinajstić information content (AvgIpc) is 3.43. The monoisotopic (exact) mass is 992 g/mol. The van der Waals surface area contributed by atoms with Crippen LogP contribution in [0.1, 0.15) is 53.1 Å². The van der Waals surface area contributed by atoms with Crippen LogP contribution in [0.25, 0.3) is 0 Å². The highest BCUT2D eigenvalue weighted by molar-refractivity contribution is 5.66. The van der Waals surface area contributed by atoms with Crippen molar-refractivity contribution in [3.63, 3.8) is 0 Å². The molecule has 2 heterocycles. The van der Waals surface area contributed by atoms with E-state index in [0.717, 1.165) is 33.4 Å². The van der Waals surface area contributed by atoms with Crippen molar-refractivity contribution >= 4 is 5.97 Å². The number of unbranched alkanes of at least 4 members (excludes halogenated alkanes) is 1. The highest BCUT2D eigenvalue weighted by atomic mass is 16.8. The molecule has 73 heavy (non-hydrogen) atoms. The zero-order valence-corrected chi connectivity index (χ0v) is 41.6. The summed E-state index contributed by atoms with van der Waals surface area (Å²) < 4.78 is 74.9. The number of carbonyl (C=O) groups is 1. The van der Waals surface area contributed by atoms with Gasteiger partial charge in [-0.15, -0.1) is 6.58 Å². The second kappa shape index (κ2) is 29.1. The Kier molecular flexibility index (Phi) is 21.3. The van der Waals surface area contributed by atoms with Gasteiger partial charge in [0.2, 0.25) is 0 Å². The summed E-state index contributed by atoms with van der Waals surface area (Å²) in [5.41, 5.74) is 5.74. The topological polar surface area (TPSA) is 119 Å². The number of carbonyl (C=O) groups excluding carboxylic acids is 1. The Morgan fingerprint density at radius 2 is 0.781 bits per heavy atom. The van der Waals surface area contributed by atoms with Crippen LogP contribution in [0.4, 0.5) is 0 Å². The van der Waals surface area contributed by atoms with Crippen LogP contribution in [0.2, 0.25) is 0 Å². The molecule has 0 N–H and O–H groups in total. The predicted octanol–water partition coefficient (Wildman–Crippen LogP) is 10.5. The first-order valence-electron chi connectivity index (χ1n) is 25.2. The molecule has 384 valence electrons. The molecule has 0 aliphatic carbocycles. The maximum atomic E-state index is 13.4. The van der Waals surface area contributed by atoms with Crippen LogP contribution in [-0.2, 0) is 96.5 Å². The summed E-state index contributed by atoms with van der Waals surface area (Å²) in [6, 6.07) is 59.4. The van der Waals surface area contributed by atoms with E-state index in [4.69, 9.17) is 52.1 Å². The van der Waals surface area contributed by atoms with E-state index < -0.39 is 67.4 Å². The molecule has 2 saturated heterocycles. The van der Waals surface area contributed by atoms with E-state index in [1.807, 2.05) is 188 Å². The molecule has 12 heteroatoms. The van der Waals surface area contributed by atoms with Crippen molar-refractivity contribution in [2.24, 2.45) is 0 Å². The van der Waals surface area contributed by atoms with Crippen molar-refractivity contribution in [3.05, 3.63) is 228 Å². The lowest BCUT2D eigenvalue weighted by Gasteiger charge is -2.50. The Morgan fingerprint density at radius 3 is 1.15 bits per heavy atom. The molecule has 0 unspecified atom stereocenters. The molecule has 0 aromatic heterocycles. The first kappa shape index (κ1) is 53.4. The molecule has 8 rings (SSSR count). The maximum Gasteiger partial charge on any atom is 0.303 e. The van der Waals surface area contributed by atoms with Crippen LogP contribution in [0, 0.1) is 0 Å². The van der Waals surface area contributed by atoms with E-state index in [-0.39, 0.29) is 39.6 Å². The Morgan fingerprint density at radius 1 is 0.438 bits per heavy atom. The van der Waals surface area contributed by atoms with Crippen molar-refractivity contribution in [1.82, 2.24) is 0 Å².